The summed E-state index contributed by atoms with van der Waals surface area (Å²) in [6.07, 6.45) is -4.00. The summed E-state index contributed by atoms with van der Waals surface area (Å²) >= 11 is 0. The molecule has 1 saturated carbocycles. The summed E-state index contributed by atoms with van der Waals surface area (Å²) in [4.78, 5) is 24.4. The summed E-state index contributed by atoms with van der Waals surface area (Å²) in [5, 5.41) is 1.99. The molecule has 0 heterocycles. The predicted molar refractivity (Wildman–Crippen MR) is 104 cm³/mol. The number of Topliss-reactive ketones (excluding diaryl/α,β-unsaturated/α-hetero) is 1. The molecule has 0 aromatic heterocycles. The Kier molecular flexibility index (Phi) is 4.67. The second kappa shape index (κ2) is 6.86. The molecular weight excluding hydrogens is 397 g/mol. The lowest BCUT2D eigenvalue weighted by Gasteiger charge is -2.36. The number of halogens is 3. The van der Waals surface area contributed by atoms with Crippen molar-refractivity contribution in [1.29, 1.82) is 0 Å². The maximum atomic E-state index is 13.6. The van der Waals surface area contributed by atoms with Gasteiger partial charge in [0.25, 0.3) is 0 Å². The standard InChI is InChI=1S/C23H21F3O4/c1-12(27)30-21(23(24,25)26)18-11-19-17-6-4-13-10-14(29-3)5-7-15(13)16(17)8-9-22(19,2)20(18)28/h4-7,10,19H,8-9,11H2,1-3H3/b21-18-/t19-,22-/m0/s1. The largest absolute Gasteiger partial charge is 0.497 e. The van der Waals surface area contributed by atoms with E-state index in [-0.39, 0.29) is 6.42 Å². The van der Waals surface area contributed by atoms with Gasteiger partial charge in [-0.1, -0.05) is 25.1 Å². The van der Waals surface area contributed by atoms with E-state index >= 15 is 0 Å². The van der Waals surface area contributed by atoms with Crippen LogP contribution in [-0.2, 0) is 20.7 Å². The molecule has 0 aliphatic heterocycles. The van der Waals surface area contributed by atoms with Crippen molar-refractivity contribution >= 4 is 22.5 Å². The highest BCUT2D eigenvalue weighted by atomic mass is 19.4. The van der Waals surface area contributed by atoms with Gasteiger partial charge < -0.3 is 9.47 Å². The van der Waals surface area contributed by atoms with Crippen LogP contribution >= 0.6 is 0 Å². The minimum atomic E-state index is -4.91. The molecule has 7 heteroatoms. The van der Waals surface area contributed by atoms with Crippen LogP contribution in [0.5, 0.6) is 5.75 Å². The Hall–Kier alpha value is -2.83. The summed E-state index contributed by atoms with van der Waals surface area (Å²) in [6.45, 7) is 2.62. The number of alkyl halides is 3. The van der Waals surface area contributed by atoms with Crippen LogP contribution in [0.4, 0.5) is 13.2 Å². The maximum Gasteiger partial charge on any atom is 0.450 e. The lowest BCUT2D eigenvalue weighted by atomic mass is 9.66. The molecule has 0 amide bonds. The second-order valence-electron chi connectivity index (χ2n) is 8.12. The number of ketones is 1. The number of rotatable bonds is 2. The first-order chi connectivity index (χ1) is 14.1. The maximum absolute atomic E-state index is 13.6. The number of hydrogen-bond donors (Lipinski definition) is 0. The van der Waals surface area contributed by atoms with Crippen molar-refractivity contribution in [2.75, 3.05) is 7.11 Å². The van der Waals surface area contributed by atoms with Gasteiger partial charge in [-0.3, -0.25) is 9.59 Å². The van der Waals surface area contributed by atoms with Crippen molar-refractivity contribution in [2.24, 2.45) is 5.41 Å². The minimum absolute atomic E-state index is 0.105. The van der Waals surface area contributed by atoms with Gasteiger partial charge in [-0.15, -0.1) is 0 Å². The second-order valence-corrected chi connectivity index (χ2v) is 8.12. The molecule has 2 atom stereocenters. The molecule has 158 valence electrons. The molecule has 4 rings (SSSR count). The highest BCUT2D eigenvalue weighted by Gasteiger charge is 2.55. The summed E-state index contributed by atoms with van der Waals surface area (Å²) in [5.41, 5.74) is 0.536. The van der Waals surface area contributed by atoms with Crippen LogP contribution in [-0.4, -0.2) is 25.0 Å². The zero-order valence-corrected chi connectivity index (χ0v) is 16.9. The molecule has 1 fully saturated rings. The van der Waals surface area contributed by atoms with Crippen LogP contribution in [0.2, 0.25) is 0 Å². The van der Waals surface area contributed by atoms with Crippen LogP contribution in [0.15, 0.2) is 41.7 Å². The number of aryl methyl sites for hydroxylation is 1. The van der Waals surface area contributed by atoms with Gasteiger partial charge in [0, 0.05) is 23.8 Å². The fourth-order valence-electron chi connectivity index (χ4n) is 4.90. The first kappa shape index (κ1) is 20.4. The number of carbonyl (C=O) groups excluding carboxylic acids is 2. The predicted octanol–water partition coefficient (Wildman–Crippen LogP) is 5.24. The van der Waals surface area contributed by atoms with Crippen molar-refractivity contribution in [3.8, 4) is 5.75 Å². The number of ether oxygens (including phenoxy) is 2. The fourth-order valence-corrected chi connectivity index (χ4v) is 4.90. The molecule has 0 spiro atoms. The number of methoxy groups -OCH3 is 1. The van der Waals surface area contributed by atoms with Gasteiger partial charge in [0.15, 0.2) is 5.78 Å². The number of benzene rings is 2. The smallest absolute Gasteiger partial charge is 0.450 e. The first-order valence-electron chi connectivity index (χ1n) is 9.69. The van der Waals surface area contributed by atoms with Crippen LogP contribution in [0.3, 0.4) is 0 Å². The van der Waals surface area contributed by atoms with E-state index in [1.54, 1.807) is 14.0 Å². The Morgan fingerprint density at radius 1 is 1.20 bits per heavy atom. The first-order valence-corrected chi connectivity index (χ1v) is 9.69. The zero-order chi connectivity index (χ0) is 21.8. The third-order valence-corrected chi connectivity index (χ3v) is 6.39. The Morgan fingerprint density at radius 2 is 1.93 bits per heavy atom. The molecule has 30 heavy (non-hydrogen) atoms. The number of hydrogen-bond acceptors (Lipinski definition) is 4. The summed E-state index contributed by atoms with van der Waals surface area (Å²) in [5.74, 6) is -2.82. The molecule has 2 aliphatic rings. The molecule has 2 aromatic carbocycles. The van der Waals surface area contributed by atoms with Crippen molar-refractivity contribution in [1.82, 2.24) is 0 Å². The molecular formula is C23H21F3O4. The molecule has 4 nitrogen and oxygen atoms in total. The fraction of sp³-hybridized carbons (Fsp3) is 0.391. The van der Waals surface area contributed by atoms with E-state index in [9.17, 15) is 22.8 Å². The van der Waals surface area contributed by atoms with Crippen LogP contribution in [0.1, 0.15) is 43.7 Å². The molecule has 0 radical (unpaired) electrons. The Morgan fingerprint density at radius 3 is 2.57 bits per heavy atom. The van der Waals surface area contributed by atoms with Crippen molar-refractivity contribution in [3.05, 3.63) is 52.8 Å². The van der Waals surface area contributed by atoms with Crippen LogP contribution < -0.4 is 4.74 Å². The van der Waals surface area contributed by atoms with Gasteiger partial charge in [0.2, 0.25) is 5.76 Å². The quantitative estimate of drug-likeness (QED) is 0.380. The third kappa shape index (κ3) is 3.07. The Labute approximate surface area is 171 Å². The van der Waals surface area contributed by atoms with Crippen molar-refractivity contribution in [3.63, 3.8) is 0 Å². The van der Waals surface area contributed by atoms with Crippen LogP contribution in [0, 0.1) is 5.41 Å². The van der Waals surface area contributed by atoms with Gasteiger partial charge in [0.05, 0.1) is 7.11 Å². The number of fused-ring (bicyclic) bond motifs is 5. The molecule has 0 saturated heterocycles. The molecule has 0 N–H and O–H groups in total. The van der Waals surface area contributed by atoms with Crippen molar-refractivity contribution in [2.45, 2.75) is 45.2 Å². The van der Waals surface area contributed by atoms with Crippen molar-refractivity contribution < 1.29 is 32.2 Å². The summed E-state index contributed by atoms with van der Waals surface area (Å²) < 4.78 is 50.5. The van der Waals surface area contributed by atoms with Gasteiger partial charge in [0.1, 0.15) is 5.75 Å². The lowest BCUT2D eigenvalue weighted by molar-refractivity contribution is -0.159. The van der Waals surface area contributed by atoms with Gasteiger partial charge in [-0.2, -0.15) is 13.2 Å². The summed E-state index contributed by atoms with van der Waals surface area (Å²) in [7, 11) is 1.59. The normalized spacial score (nSPS) is 25.0. The van der Waals surface area contributed by atoms with E-state index in [1.165, 1.54) is 0 Å². The lowest BCUT2D eigenvalue weighted by Crippen LogP contribution is -2.33. The molecule has 2 aromatic rings. The number of allylic oxidation sites excluding steroid dienone is 2. The highest BCUT2D eigenvalue weighted by molar-refractivity contribution is 6.04. The third-order valence-electron chi connectivity index (χ3n) is 6.39. The number of carbonyl (C=O) groups is 2. The van der Waals surface area contributed by atoms with E-state index in [2.05, 4.69) is 4.74 Å². The highest BCUT2D eigenvalue weighted by Crippen LogP contribution is 2.57. The average molecular weight is 418 g/mol. The van der Waals surface area contributed by atoms with E-state index in [0.29, 0.717) is 12.8 Å². The van der Waals surface area contributed by atoms with E-state index in [0.717, 1.165) is 34.6 Å². The van der Waals surface area contributed by atoms with E-state index in [1.807, 2.05) is 30.3 Å². The number of esters is 1. The van der Waals surface area contributed by atoms with E-state index in [4.69, 9.17) is 4.74 Å². The van der Waals surface area contributed by atoms with Crippen LogP contribution in [0.25, 0.3) is 10.8 Å². The Balaban J connectivity index is 1.86. The molecule has 0 bridgehead atoms. The zero-order valence-electron chi connectivity index (χ0n) is 16.9. The van der Waals surface area contributed by atoms with E-state index < -0.39 is 40.6 Å². The topological polar surface area (TPSA) is 52.6 Å². The van der Waals surface area contributed by atoms with Gasteiger partial charge in [-0.25, -0.2) is 0 Å². The molecule has 2 aliphatic carbocycles. The average Bonchev–Trinajstić information content (AvgIpc) is 2.95. The Bertz CT molecular complexity index is 1100. The van der Waals surface area contributed by atoms with Gasteiger partial charge >= 0.3 is 12.1 Å². The van der Waals surface area contributed by atoms with Gasteiger partial charge in [-0.05, 0) is 53.3 Å². The monoisotopic (exact) mass is 418 g/mol. The SMILES string of the molecule is COc1ccc2c3c(ccc2c1)[C@@H]1C/C(=C(/OC(C)=O)C(F)(F)F)C(=O)[C@@]1(C)CC3. The summed E-state index contributed by atoms with van der Waals surface area (Å²) in [6, 6.07) is 9.52. The minimum Gasteiger partial charge on any atom is -0.497 e. The molecule has 0 unspecified atom stereocenters.